The first-order valence-electron chi connectivity index (χ1n) is 11.4. The van der Waals surface area contributed by atoms with Gasteiger partial charge in [-0.3, -0.25) is 14.7 Å². The second-order valence-electron chi connectivity index (χ2n) is 8.32. The maximum absolute atomic E-state index is 13.4. The summed E-state index contributed by atoms with van der Waals surface area (Å²) in [5, 5.41) is 10.1. The van der Waals surface area contributed by atoms with Gasteiger partial charge in [0.15, 0.2) is 0 Å². The van der Waals surface area contributed by atoms with Gasteiger partial charge in [0, 0.05) is 30.5 Å². The van der Waals surface area contributed by atoms with Crippen LogP contribution in [0, 0.1) is 12.7 Å². The molecular formula is C26H31FN4O2S. The third-order valence-electron chi connectivity index (χ3n) is 5.41. The van der Waals surface area contributed by atoms with Crippen LogP contribution in [0.1, 0.15) is 30.5 Å². The van der Waals surface area contributed by atoms with Crippen LogP contribution in [0.25, 0.3) is 11.3 Å². The Morgan fingerprint density at radius 2 is 1.85 bits per heavy atom. The van der Waals surface area contributed by atoms with Crippen molar-refractivity contribution in [3.63, 3.8) is 0 Å². The number of halogens is 1. The molecule has 1 heterocycles. The van der Waals surface area contributed by atoms with Crippen LogP contribution in [0.2, 0.25) is 0 Å². The van der Waals surface area contributed by atoms with Crippen LogP contribution in [0.5, 0.6) is 0 Å². The number of aromatic amines is 1. The highest BCUT2D eigenvalue weighted by Gasteiger charge is 2.11. The molecule has 0 aliphatic carbocycles. The van der Waals surface area contributed by atoms with E-state index in [2.05, 4.69) is 15.5 Å². The van der Waals surface area contributed by atoms with Crippen molar-refractivity contribution >= 4 is 29.3 Å². The molecule has 8 heteroatoms. The number of carbonyl (C=O) groups is 2. The van der Waals surface area contributed by atoms with Gasteiger partial charge in [-0.05, 0) is 56.5 Å². The smallest absolute Gasteiger partial charge is 0.234 e. The van der Waals surface area contributed by atoms with Crippen LogP contribution in [0.3, 0.4) is 0 Å². The summed E-state index contributed by atoms with van der Waals surface area (Å²) in [6.45, 7) is 2.68. The Kier molecular flexibility index (Phi) is 9.70. The average Bonchev–Trinajstić information content (AvgIpc) is 3.29. The van der Waals surface area contributed by atoms with E-state index in [-0.39, 0.29) is 29.1 Å². The summed E-state index contributed by atoms with van der Waals surface area (Å²) in [5.41, 5.74) is 4.42. The number of carbonyl (C=O) groups excluding carboxylic acids is 2. The minimum Gasteiger partial charge on any atom is -0.345 e. The van der Waals surface area contributed by atoms with Crippen LogP contribution in [-0.2, 0) is 16.0 Å². The predicted octanol–water partition coefficient (Wildman–Crippen LogP) is 5.07. The molecule has 0 atom stereocenters. The van der Waals surface area contributed by atoms with Gasteiger partial charge in [-0.15, -0.1) is 11.8 Å². The molecule has 0 bridgehead atoms. The molecule has 3 aromatic rings. The maximum Gasteiger partial charge on any atom is 0.234 e. The van der Waals surface area contributed by atoms with E-state index < -0.39 is 0 Å². The van der Waals surface area contributed by atoms with Crippen molar-refractivity contribution in [3.8, 4) is 11.3 Å². The molecule has 2 aromatic carbocycles. The van der Waals surface area contributed by atoms with Crippen molar-refractivity contribution in [2.45, 2.75) is 32.6 Å². The largest absolute Gasteiger partial charge is 0.345 e. The number of rotatable bonds is 12. The quantitative estimate of drug-likeness (QED) is 0.354. The second kappa shape index (κ2) is 12.9. The minimum atomic E-state index is -0.273. The standard InChI is InChI=1S/C26H31FN4O2S/c1-19-10-12-22(13-11-19)28-25(32)17-34-18-26(33)31(2)14-5-3-4-9-23-16-24(30-29-23)20-7-6-8-21(27)15-20/h6-8,10-13,15-16H,3-5,9,14,17-18H2,1-2H3,(H,28,32)(H,29,30). The van der Waals surface area contributed by atoms with Crippen LogP contribution in [0.4, 0.5) is 10.1 Å². The topological polar surface area (TPSA) is 78.1 Å². The highest BCUT2D eigenvalue weighted by atomic mass is 32.2. The van der Waals surface area contributed by atoms with Gasteiger partial charge in [-0.1, -0.05) is 36.2 Å². The number of unbranched alkanes of at least 4 members (excludes halogenated alkanes) is 2. The van der Waals surface area contributed by atoms with Gasteiger partial charge >= 0.3 is 0 Å². The maximum atomic E-state index is 13.4. The summed E-state index contributed by atoms with van der Waals surface area (Å²) in [6.07, 6.45) is 3.72. The fraction of sp³-hybridized carbons (Fsp3) is 0.346. The minimum absolute atomic E-state index is 0.0291. The molecule has 0 saturated heterocycles. The lowest BCUT2D eigenvalue weighted by Gasteiger charge is -2.16. The Balaban J connectivity index is 1.27. The number of hydrogen-bond acceptors (Lipinski definition) is 4. The van der Waals surface area contributed by atoms with E-state index in [0.29, 0.717) is 6.54 Å². The second-order valence-corrected chi connectivity index (χ2v) is 9.31. The molecule has 0 aliphatic rings. The summed E-state index contributed by atoms with van der Waals surface area (Å²) in [4.78, 5) is 26.1. The third kappa shape index (κ3) is 8.33. The monoisotopic (exact) mass is 482 g/mol. The van der Waals surface area contributed by atoms with E-state index in [1.807, 2.05) is 43.3 Å². The van der Waals surface area contributed by atoms with Crippen molar-refractivity contribution < 1.29 is 14.0 Å². The molecular weight excluding hydrogens is 451 g/mol. The lowest BCUT2D eigenvalue weighted by molar-refractivity contribution is -0.127. The number of hydrogen-bond donors (Lipinski definition) is 2. The number of aryl methyl sites for hydroxylation is 2. The van der Waals surface area contributed by atoms with Crippen molar-refractivity contribution in [1.29, 1.82) is 0 Å². The molecule has 0 radical (unpaired) electrons. The molecule has 2 amide bonds. The van der Waals surface area contributed by atoms with Gasteiger partial charge < -0.3 is 10.2 Å². The van der Waals surface area contributed by atoms with Crippen LogP contribution in [0.15, 0.2) is 54.6 Å². The predicted molar refractivity (Wildman–Crippen MR) is 136 cm³/mol. The van der Waals surface area contributed by atoms with Crippen molar-refractivity contribution in [3.05, 3.63) is 71.7 Å². The first-order chi connectivity index (χ1) is 16.4. The van der Waals surface area contributed by atoms with Crippen molar-refractivity contribution in [1.82, 2.24) is 15.1 Å². The number of H-pyrrole nitrogens is 1. The molecule has 1 aromatic heterocycles. The molecule has 0 saturated carbocycles. The van der Waals surface area contributed by atoms with Gasteiger partial charge in [0.2, 0.25) is 11.8 Å². The van der Waals surface area contributed by atoms with Gasteiger partial charge in [0.1, 0.15) is 5.82 Å². The number of nitrogens with one attached hydrogen (secondary N) is 2. The normalized spacial score (nSPS) is 10.8. The molecule has 3 rings (SSSR count). The summed E-state index contributed by atoms with van der Waals surface area (Å²) >= 11 is 1.32. The molecule has 0 spiro atoms. The van der Waals surface area contributed by atoms with E-state index in [9.17, 15) is 14.0 Å². The Bertz CT molecular complexity index is 1080. The summed E-state index contributed by atoms with van der Waals surface area (Å²) in [6, 6.07) is 16.0. The fourth-order valence-electron chi connectivity index (χ4n) is 3.43. The van der Waals surface area contributed by atoms with Crippen LogP contribution in [-0.4, -0.2) is 52.0 Å². The van der Waals surface area contributed by atoms with E-state index >= 15 is 0 Å². The Hall–Kier alpha value is -3.13. The molecule has 180 valence electrons. The Morgan fingerprint density at radius 3 is 2.62 bits per heavy atom. The fourth-order valence-corrected chi connectivity index (χ4v) is 4.18. The summed E-state index contributed by atoms with van der Waals surface area (Å²) in [7, 11) is 1.80. The molecule has 0 aliphatic heterocycles. The van der Waals surface area contributed by atoms with Gasteiger partial charge in [-0.2, -0.15) is 5.10 Å². The van der Waals surface area contributed by atoms with E-state index in [1.54, 1.807) is 18.0 Å². The van der Waals surface area contributed by atoms with Gasteiger partial charge in [0.25, 0.3) is 0 Å². The number of thioether (sulfide) groups is 1. The number of anilines is 1. The Labute approximate surface area is 204 Å². The van der Waals surface area contributed by atoms with Gasteiger partial charge in [0.05, 0.1) is 17.2 Å². The molecule has 6 nitrogen and oxygen atoms in total. The van der Waals surface area contributed by atoms with Crippen molar-refractivity contribution in [2.24, 2.45) is 0 Å². The Morgan fingerprint density at radius 1 is 1.06 bits per heavy atom. The first-order valence-corrected chi connectivity index (χ1v) is 12.5. The lowest BCUT2D eigenvalue weighted by Crippen LogP contribution is -2.29. The van der Waals surface area contributed by atoms with E-state index in [1.165, 1.54) is 23.9 Å². The summed E-state index contributed by atoms with van der Waals surface area (Å²) in [5.74, 6) is 0.180. The SMILES string of the molecule is Cc1ccc(NC(=O)CSCC(=O)N(C)CCCCCc2cc(-c3cccc(F)c3)n[nH]2)cc1. The molecule has 0 fully saturated rings. The highest BCUT2D eigenvalue weighted by Crippen LogP contribution is 2.19. The van der Waals surface area contributed by atoms with Crippen LogP contribution < -0.4 is 5.32 Å². The number of amides is 2. The van der Waals surface area contributed by atoms with E-state index in [4.69, 9.17) is 0 Å². The number of benzene rings is 2. The zero-order valence-electron chi connectivity index (χ0n) is 19.6. The highest BCUT2D eigenvalue weighted by molar-refractivity contribution is 8.00. The van der Waals surface area contributed by atoms with Gasteiger partial charge in [-0.25, -0.2) is 4.39 Å². The van der Waals surface area contributed by atoms with E-state index in [0.717, 1.165) is 53.9 Å². The first kappa shape index (κ1) is 25.5. The lowest BCUT2D eigenvalue weighted by atomic mass is 10.1. The number of aromatic nitrogens is 2. The zero-order valence-corrected chi connectivity index (χ0v) is 20.5. The zero-order chi connectivity index (χ0) is 24.3. The summed E-state index contributed by atoms with van der Waals surface area (Å²) < 4.78 is 13.4. The average molecular weight is 483 g/mol. The van der Waals surface area contributed by atoms with Crippen molar-refractivity contribution in [2.75, 3.05) is 30.4 Å². The molecule has 34 heavy (non-hydrogen) atoms. The third-order valence-corrected chi connectivity index (χ3v) is 6.33. The number of nitrogens with zero attached hydrogens (tertiary/aromatic N) is 2. The molecule has 2 N–H and O–H groups in total. The van der Waals surface area contributed by atoms with Crippen LogP contribution >= 0.6 is 11.8 Å². The molecule has 0 unspecified atom stereocenters.